The lowest BCUT2D eigenvalue weighted by Crippen LogP contribution is -2.27. The molecule has 0 saturated carbocycles. The van der Waals surface area contributed by atoms with E-state index in [-0.39, 0.29) is 6.61 Å². The van der Waals surface area contributed by atoms with Gasteiger partial charge in [0.25, 0.3) is 6.16 Å². The Balaban J connectivity index is 0. The molecule has 0 spiro atoms. The topological polar surface area (TPSA) is 49.4 Å². The Morgan fingerprint density at radius 3 is 1.75 bits per heavy atom. The highest BCUT2D eigenvalue weighted by molar-refractivity contribution is 5.53. The summed E-state index contributed by atoms with van der Waals surface area (Å²) in [5, 5.41) is 9.42. The zero-order valence-electron chi connectivity index (χ0n) is 8.59. The largest absolute Gasteiger partial charge is 0.550 e. The van der Waals surface area contributed by atoms with Gasteiger partial charge in [0, 0.05) is 6.61 Å². The molecule has 0 saturated heterocycles. The normalized spacial score (nSPS) is 9.75. The lowest BCUT2D eigenvalue weighted by Gasteiger charge is -2.14. The van der Waals surface area contributed by atoms with Crippen molar-refractivity contribution >= 4 is 6.16 Å². The van der Waals surface area contributed by atoms with E-state index in [0.717, 1.165) is 4.48 Å². The Morgan fingerprint density at radius 2 is 1.67 bits per heavy atom. The van der Waals surface area contributed by atoms with Gasteiger partial charge in [0.1, 0.15) is 0 Å². The number of hydrogen-bond acceptors (Lipinski definition) is 3. The van der Waals surface area contributed by atoms with E-state index < -0.39 is 6.16 Å². The molecule has 0 aromatic rings. The molecule has 0 rings (SSSR count). The number of rotatable bonds is 2. The maximum Gasteiger partial charge on any atom is 0.251 e. The van der Waals surface area contributed by atoms with Crippen LogP contribution in [0.3, 0.4) is 0 Å². The molecule has 0 unspecified atom stereocenters. The maximum absolute atomic E-state index is 9.42. The van der Waals surface area contributed by atoms with Crippen molar-refractivity contribution in [3.05, 3.63) is 0 Å². The fourth-order valence-electron chi connectivity index (χ4n) is 0.185. The van der Waals surface area contributed by atoms with Crippen molar-refractivity contribution in [2.75, 3.05) is 34.8 Å². The molecular weight excluding hydrogens is 158 g/mol. The van der Waals surface area contributed by atoms with E-state index in [4.69, 9.17) is 0 Å². The standard InChI is InChI=1S/C4H12N.C4H8O3/c1-5(2,3)4;1-2-3-7-4(5)6/h1-4H3;2-3H2,1H3,(H,5,6)/q+1;/p-1. The number of carbonyl (C=O) groups excluding carboxylic acids is 1. The summed E-state index contributed by atoms with van der Waals surface area (Å²) in [4.78, 5) is 9.42. The number of ether oxygens (including phenoxy) is 1. The zero-order valence-corrected chi connectivity index (χ0v) is 8.59. The summed E-state index contributed by atoms with van der Waals surface area (Å²) in [5.74, 6) is 0. The molecule has 4 nitrogen and oxygen atoms in total. The lowest BCUT2D eigenvalue weighted by molar-refractivity contribution is -0.849. The fraction of sp³-hybridized carbons (Fsp3) is 0.875. The smallest absolute Gasteiger partial charge is 0.251 e. The summed E-state index contributed by atoms with van der Waals surface area (Å²) in [6.45, 7) is 2.06. The third-order valence-electron chi connectivity index (χ3n) is 0.424. The van der Waals surface area contributed by atoms with E-state index in [9.17, 15) is 9.90 Å². The van der Waals surface area contributed by atoms with Crippen molar-refractivity contribution < 1.29 is 19.1 Å². The van der Waals surface area contributed by atoms with Crippen molar-refractivity contribution in [3.63, 3.8) is 0 Å². The second-order valence-electron chi connectivity index (χ2n) is 3.78. The highest BCUT2D eigenvalue weighted by Crippen LogP contribution is 1.76. The first kappa shape index (κ1) is 13.8. The third-order valence-corrected chi connectivity index (χ3v) is 0.424. The highest BCUT2D eigenvalue weighted by atomic mass is 16.7. The van der Waals surface area contributed by atoms with Crippen LogP contribution in [0.4, 0.5) is 4.79 Å². The monoisotopic (exact) mass is 177 g/mol. The van der Waals surface area contributed by atoms with Gasteiger partial charge >= 0.3 is 0 Å². The number of carboxylic acid groups (broad SMARTS) is 1. The van der Waals surface area contributed by atoms with Crippen LogP contribution in [0.15, 0.2) is 0 Å². The van der Waals surface area contributed by atoms with E-state index in [1.165, 1.54) is 0 Å². The van der Waals surface area contributed by atoms with Gasteiger partial charge in [-0.25, -0.2) is 0 Å². The Hall–Kier alpha value is -0.770. The van der Waals surface area contributed by atoms with E-state index in [2.05, 4.69) is 32.9 Å². The SMILES string of the molecule is CCCOC(=O)[O-].C[N+](C)(C)C. The van der Waals surface area contributed by atoms with Crippen LogP contribution < -0.4 is 5.11 Å². The Kier molecular flexibility index (Phi) is 7.94. The summed E-state index contributed by atoms with van der Waals surface area (Å²) >= 11 is 0. The fourth-order valence-corrected chi connectivity index (χ4v) is 0.185. The van der Waals surface area contributed by atoms with Crippen molar-refractivity contribution in [3.8, 4) is 0 Å². The summed E-state index contributed by atoms with van der Waals surface area (Å²) in [5.41, 5.74) is 0. The van der Waals surface area contributed by atoms with Crippen LogP contribution in [0.5, 0.6) is 0 Å². The van der Waals surface area contributed by atoms with Gasteiger partial charge in [0.2, 0.25) is 0 Å². The van der Waals surface area contributed by atoms with E-state index in [1.54, 1.807) is 0 Å². The molecule has 0 aromatic carbocycles. The summed E-state index contributed by atoms with van der Waals surface area (Å²) in [6.07, 6.45) is -0.740. The number of nitrogens with zero attached hydrogens (tertiary/aromatic N) is 1. The first-order valence-corrected chi connectivity index (χ1v) is 3.90. The maximum atomic E-state index is 9.42. The van der Waals surface area contributed by atoms with Gasteiger partial charge in [-0.2, -0.15) is 0 Å². The molecule has 0 atom stereocenters. The predicted octanol–water partition coefficient (Wildman–Crippen LogP) is 0.0787. The van der Waals surface area contributed by atoms with E-state index in [1.807, 2.05) is 6.92 Å². The Bertz CT molecular complexity index is 112. The second kappa shape index (κ2) is 6.91. The third kappa shape index (κ3) is 59.9. The first-order valence-electron chi connectivity index (χ1n) is 3.90. The average Bonchev–Trinajstić information content (AvgIpc) is 1.79. The molecule has 74 valence electrons. The van der Waals surface area contributed by atoms with Crippen LogP contribution in [0.2, 0.25) is 0 Å². The molecule has 12 heavy (non-hydrogen) atoms. The van der Waals surface area contributed by atoms with Crippen molar-refractivity contribution in [1.82, 2.24) is 0 Å². The predicted molar refractivity (Wildman–Crippen MR) is 45.6 cm³/mol. The molecule has 0 aliphatic rings. The first-order chi connectivity index (χ1) is 5.27. The van der Waals surface area contributed by atoms with Gasteiger partial charge in [-0.15, -0.1) is 0 Å². The van der Waals surface area contributed by atoms with Crippen LogP contribution in [-0.2, 0) is 4.74 Å². The minimum Gasteiger partial charge on any atom is -0.550 e. The summed E-state index contributed by atoms with van der Waals surface area (Å²) in [6, 6.07) is 0. The minimum atomic E-state index is -1.44. The van der Waals surface area contributed by atoms with Crippen molar-refractivity contribution in [1.29, 1.82) is 0 Å². The van der Waals surface area contributed by atoms with Crippen molar-refractivity contribution in [2.45, 2.75) is 13.3 Å². The van der Waals surface area contributed by atoms with Gasteiger partial charge in [-0.3, -0.25) is 0 Å². The molecule has 0 N–H and O–H groups in total. The molecule has 0 aromatic heterocycles. The highest BCUT2D eigenvalue weighted by Gasteiger charge is 1.88. The van der Waals surface area contributed by atoms with Crippen LogP contribution in [0.1, 0.15) is 13.3 Å². The zero-order chi connectivity index (χ0) is 10.2. The Labute approximate surface area is 74.3 Å². The second-order valence-corrected chi connectivity index (χ2v) is 3.78. The quantitative estimate of drug-likeness (QED) is 0.443. The molecular formula is C8H19NO3. The van der Waals surface area contributed by atoms with Crippen LogP contribution >= 0.6 is 0 Å². The van der Waals surface area contributed by atoms with Gasteiger partial charge in [-0.05, 0) is 6.42 Å². The molecule has 0 aliphatic heterocycles. The molecule has 0 radical (unpaired) electrons. The lowest BCUT2D eigenvalue weighted by atomic mass is 10.5. The molecule has 0 fully saturated rings. The summed E-state index contributed by atoms with van der Waals surface area (Å²) in [7, 11) is 8.50. The number of carbonyl (C=O) groups is 1. The van der Waals surface area contributed by atoms with Gasteiger partial charge in [0.05, 0.1) is 28.2 Å². The molecule has 4 heteroatoms. The van der Waals surface area contributed by atoms with Crippen LogP contribution in [0.25, 0.3) is 0 Å². The van der Waals surface area contributed by atoms with E-state index in [0.29, 0.717) is 6.42 Å². The van der Waals surface area contributed by atoms with Gasteiger partial charge < -0.3 is 19.1 Å². The Morgan fingerprint density at radius 1 is 1.33 bits per heavy atom. The number of hydrogen-bond donors (Lipinski definition) is 0. The van der Waals surface area contributed by atoms with Crippen molar-refractivity contribution in [2.24, 2.45) is 0 Å². The van der Waals surface area contributed by atoms with Crippen LogP contribution in [0, 0.1) is 0 Å². The van der Waals surface area contributed by atoms with Gasteiger partial charge in [-0.1, -0.05) is 6.92 Å². The molecule has 0 bridgehead atoms. The summed E-state index contributed by atoms with van der Waals surface area (Å²) < 4.78 is 5.00. The average molecular weight is 177 g/mol. The minimum absolute atomic E-state index is 0.238. The molecule has 0 aliphatic carbocycles. The van der Waals surface area contributed by atoms with Crippen LogP contribution in [-0.4, -0.2) is 45.4 Å². The molecule has 0 heterocycles. The number of quaternary nitrogens is 1. The van der Waals surface area contributed by atoms with E-state index >= 15 is 0 Å². The van der Waals surface area contributed by atoms with Gasteiger partial charge in [0.15, 0.2) is 0 Å². The molecule has 0 amide bonds.